The molecular formula is C19H26N6. The van der Waals surface area contributed by atoms with Gasteiger partial charge in [-0.1, -0.05) is 37.5 Å². The maximum absolute atomic E-state index is 4.71. The maximum atomic E-state index is 4.71. The second-order valence-electron chi connectivity index (χ2n) is 6.93. The van der Waals surface area contributed by atoms with Crippen molar-refractivity contribution in [2.45, 2.75) is 38.1 Å². The highest BCUT2D eigenvalue weighted by Crippen LogP contribution is 2.22. The average Bonchev–Trinajstić information content (AvgIpc) is 2.70. The van der Waals surface area contributed by atoms with Crippen LogP contribution in [0, 0.1) is 0 Å². The highest BCUT2D eigenvalue weighted by atomic mass is 15.3. The Bertz CT molecular complexity index is 663. The van der Waals surface area contributed by atoms with Crippen molar-refractivity contribution < 1.29 is 0 Å². The Morgan fingerprint density at radius 3 is 2.36 bits per heavy atom. The second kappa shape index (κ2) is 7.68. The average molecular weight is 338 g/mol. The first-order valence-electron chi connectivity index (χ1n) is 9.40. The van der Waals surface area contributed by atoms with Gasteiger partial charge in [-0.3, -0.25) is 0 Å². The van der Waals surface area contributed by atoms with E-state index in [4.69, 9.17) is 4.98 Å². The number of hydrogen-bond donors (Lipinski definition) is 1. The molecule has 2 aromatic rings. The lowest BCUT2D eigenvalue weighted by atomic mass is 9.96. The maximum Gasteiger partial charge on any atom is 0.244 e. The first-order chi connectivity index (χ1) is 12.4. The number of para-hydroxylation sites is 1. The van der Waals surface area contributed by atoms with Gasteiger partial charge in [-0.25, -0.2) is 0 Å². The number of piperazine rings is 1. The van der Waals surface area contributed by atoms with Crippen LogP contribution in [0.15, 0.2) is 36.5 Å². The van der Waals surface area contributed by atoms with Crippen LogP contribution in [0.2, 0.25) is 0 Å². The standard InChI is InChI=1S/C19H26N6/c1-3-7-16(8-4-1)21-19-22-18(15-20-23-19)25-13-11-24(12-14-25)17-9-5-2-6-10-17/h2,5-6,9-10,15-16H,1,3-4,7-8,11-14H2,(H,21,22,23). The number of rotatable bonds is 4. The summed E-state index contributed by atoms with van der Waals surface area (Å²) in [5, 5.41) is 11.8. The first-order valence-corrected chi connectivity index (χ1v) is 9.40. The molecule has 4 rings (SSSR count). The largest absolute Gasteiger partial charge is 0.368 e. The van der Waals surface area contributed by atoms with Gasteiger partial charge in [-0.2, -0.15) is 10.1 Å². The summed E-state index contributed by atoms with van der Waals surface area (Å²) in [6.07, 6.45) is 8.15. The molecule has 132 valence electrons. The molecule has 0 atom stereocenters. The van der Waals surface area contributed by atoms with Crippen molar-refractivity contribution >= 4 is 17.5 Å². The van der Waals surface area contributed by atoms with Crippen molar-refractivity contribution in [1.29, 1.82) is 0 Å². The van der Waals surface area contributed by atoms with E-state index in [0.717, 1.165) is 32.0 Å². The van der Waals surface area contributed by atoms with Crippen LogP contribution in [0.5, 0.6) is 0 Å². The van der Waals surface area contributed by atoms with Crippen LogP contribution < -0.4 is 15.1 Å². The molecule has 6 nitrogen and oxygen atoms in total. The molecule has 0 bridgehead atoms. The van der Waals surface area contributed by atoms with Crippen LogP contribution in [0.1, 0.15) is 32.1 Å². The minimum absolute atomic E-state index is 0.501. The molecule has 1 saturated carbocycles. The summed E-state index contributed by atoms with van der Waals surface area (Å²) in [4.78, 5) is 9.44. The van der Waals surface area contributed by atoms with Crippen molar-refractivity contribution in [3.05, 3.63) is 36.5 Å². The van der Waals surface area contributed by atoms with Crippen LogP contribution in [0.25, 0.3) is 0 Å². The third kappa shape index (κ3) is 4.00. The topological polar surface area (TPSA) is 57.2 Å². The number of benzene rings is 1. The minimum Gasteiger partial charge on any atom is -0.368 e. The summed E-state index contributed by atoms with van der Waals surface area (Å²) >= 11 is 0. The van der Waals surface area contributed by atoms with Gasteiger partial charge in [-0.15, -0.1) is 5.10 Å². The van der Waals surface area contributed by atoms with Gasteiger partial charge in [0.05, 0.1) is 6.20 Å². The molecular weight excluding hydrogens is 312 g/mol. The number of aromatic nitrogens is 3. The zero-order chi connectivity index (χ0) is 16.9. The van der Waals surface area contributed by atoms with Gasteiger partial charge in [0.15, 0.2) is 5.82 Å². The van der Waals surface area contributed by atoms with Gasteiger partial charge in [0, 0.05) is 37.9 Å². The Labute approximate surface area is 149 Å². The zero-order valence-corrected chi connectivity index (χ0v) is 14.6. The summed E-state index contributed by atoms with van der Waals surface area (Å²) in [6, 6.07) is 11.1. The van der Waals surface area contributed by atoms with E-state index in [-0.39, 0.29) is 0 Å². The van der Waals surface area contributed by atoms with Crippen molar-refractivity contribution in [3.8, 4) is 0 Å². The predicted octanol–water partition coefficient (Wildman–Crippen LogP) is 2.94. The molecule has 0 amide bonds. The molecule has 1 aliphatic heterocycles. The Balaban J connectivity index is 1.37. The van der Waals surface area contributed by atoms with Crippen LogP contribution in [0.4, 0.5) is 17.5 Å². The summed E-state index contributed by atoms with van der Waals surface area (Å²) in [5.74, 6) is 1.61. The van der Waals surface area contributed by atoms with E-state index in [1.165, 1.54) is 37.8 Å². The fourth-order valence-electron chi connectivity index (χ4n) is 3.77. The molecule has 1 aromatic heterocycles. The van der Waals surface area contributed by atoms with E-state index in [0.29, 0.717) is 12.0 Å². The van der Waals surface area contributed by atoms with Crippen molar-refractivity contribution in [1.82, 2.24) is 15.2 Å². The smallest absolute Gasteiger partial charge is 0.244 e. The molecule has 1 saturated heterocycles. The Kier molecular flexibility index (Phi) is 4.95. The summed E-state index contributed by atoms with van der Waals surface area (Å²) in [6.45, 7) is 3.91. The normalized spacial score (nSPS) is 19.0. The van der Waals surface area contributed by atoms with Crippen LogP contribution in [-0.2, 0) is 0 Å². The molecule has 0 radical (unpaired) electrons. The quantitative estimate of drug-likeness (QED) is 0.925. The molecule has 0 unspecified atom stereocenters. The SMILES string of the molecule is c1ccc(N2CCN(c3cnnc(NC4CCCCC4)n3)CC2)cc1. The minimum atomic E-state index is 0.501. The van der Waals surface area contributed by atoms with Gasteiger partial charge in [0.2, 0.25) is 5.95 Å². The summed E-state index contributed by atoms with van der Waals surface area (Å²) < 4.78 is 0. The highest BCUT2D eigenvalue weighted by molar-refractivity contribution is 5.49. The van der Waals surface area contributed by atoms with Crippen molar-refractivity contribution in [3.63, 3.8) is 0 Å². The van der Waals surface area contributed by atoms with Gasteiger partial charge >= 0.3 is 0 Å². The lowest BCUT2D eigenvalue weighted by Crippen LogP contribution is -2.47. The fourth-order valence-corrected chi connectivity index (χ4v) is 3.77. The zero-order valence-electron chi connectivity index (χ0n) is 14.6. The summed E-state index contributed by atoms with van der Waals surface area (Å²) in [7, 11) is 0. The molecule has 2 fully saturated rings. The summed E-state index contributed by atoms with van der Waals surface area (Å²) in [5.41, 5.74) is 1.29. The van der Waals surface area contributed by atoms with Crippen LogP contribution >= 0.6 is 0 Å². The molecule has 6 heteroatoms. The van der Waals surface area contributed by atoms with Crippen LogP contribution in [-0.4, -0.2) is 47.4 Å². The number of anilines is 3. The van der Waals surface area contributed by atoms with Gasteiger partial charge in [0.1, 0.15) is 0 Å². The lowest BCUT2D eigenvalue weighted by Gasteiger charge is -2.36. The first kappa shape index (κ1) is 16.1. The van der Waals surface area contributed by atoms with E-state index in [1.54, 1.807) is 6.20 Å². The van der Waals surface area contributed by atoms with Crippen LogP contribution in [0.3, 0.4) is 0 Å². The molecule has 1 aromatic carbocycles. The molecule has 25 heavy (non-hydrogen) atoms. The van der Waals surface area contributed by atoms with E-state index in [9.17, 15) is 0 Å². The molecule has 0 spiro atoms. The third-order valence-electron chi connectivity index (χ3n) is 5.21. The van der Waals surface area contributed by atoms with Gasteiger partial charge in [-0.05, 0) is 25.0 Å². The Morgan fingerprint density at radius 2 is 1.60 bits per heavy atom. The number of nitrogens with zero attached hydrogens (tertiary/aromatic N) is 5. The molecule has 1 N–H and O–H groups in total. The van der Waals surface area contributed by atoms with Gasteiger partial charge < -0.3 is 15.1 Å². The third-order valence-corrected chi connectivity index (χ3v) is 5.21. The van der Waals surface area contributed by atoms with E-state index >= 15 is 0 Å². The van der Waals surface area contributed by atoms with Crippen molar-refractivity contribution in [2.24, 2.45) is 0 Å². The highest BCUT2D eigenvalue weighted by Gasteiger charge is 2.20. The Hall–Kier alpha value is -2.37. The Morgan fingerprint density at radius 1 is 0.880 bits per heavy atom. The van der Waals surface area contributed by atoms with Gasteiger partial charge in [0.25, 0.3) is 0 Å². The monoisotopic (exact) mass is 338 g/mol. The molecule has 1 aliphatic carbocycles. The number of hydrogen-bond acceptors (Lipinski definition) is 6. The van der Waals surface area contributed by atoms with Crippen molar-refractivity contribution in [2.75, 3.05) is 41.3 Å². The molecule has 2 aliphatic rings. The predicted molar refractivity (Wildman–Crippen MR) is 101 cm³/mol. The number of nitrogens with one attached hydrogen (secondary N) is 1. The lowest BCUT2D eigenvalue weighted by molar-refractivity contribution is 0.460. The fraction of sp³-hybridized carbons (Fsp3) is 0.526. The second-order valence-corrected chi connectivity index (χ2v) is 6.93. The molecule has 2 heterocycles. The van der Waals surface area contributed by atoms with E-state index in [1.807, 2.05) is 0 Å². The van der Waals surface area contributed by atoms with E-state index in [2.05, 4.69) is 55.6 Å². The van der Waals surface area contributed by atoms with E-state index < -0.39 is 0 Å².